The van der Waals surface area contributed by atoms with Gasteiger partial charge in [0.05, 0.1) is 12.2 Å². The van der Waals surface area contributed by atoms with E-state index in [1.807, 2.05) is 0 Å². The van der Waals surface area contributed by atoms with Crippen molar-refractivity contribution in [3.63, 3.8) is 0 Å². The van der Waals surface area contributed by atoms with Crippen LogP contribution in [0.2, 0.25) is 0 Å². The topological polar surface area (TPSA) is 55.7 Å². The van der Waals surface area contributed by atoms with Crippen LogP contribution in [0.5, 0.6) is 0 Å². The maximum absolute atomic E-state index is 10.7. The van der Waals surface area contributed by atoms with E-state index in [1.165, 1.54) is 0 Å². The van der Waals surface area contributed by atoms with Gasteiger partial charge in [-0.05, 0) is 32.9 Å². The van der Waals surface area contributed by atoms with Gasteiger partial charge in [-0.1, -0.05) is 0 Å². The summed E-state index contributed by atoms with van der Waals surface area (Å²) in [5, 5.41) is 23.4. The number of nitrogens with zero attached hydrogens (tertiary/aromatic N) is 1. The van der Waals surface area contributed by atoms with E-state index >= 15 is 0 Å². The van der Waals surface area contributed by atoms with E-state index in [2.05, 4.69) is 17.3 Å². The molecule has 0 saturated carbocycles. The molecule has 4 heteroatoms. The summed E-state index contributed by atoms with van der Waals surface area (Å²) < 4.78 is 0. The van der Waals surface area contributed by atoms with Gasteiger partial charge in [-0.2, -0.15) is 0 Å². The highest BCUT2D eigenvalue weighted by Gasteiger charge is 2.53. The number of hydrogen-bond donors (Lipinski definition) is 3. The van der Waals surface area contributed by atoms with Crippen molar-refractivity contribution >= 4 is 0 Å². The molecule has 0 aromatic rings. The number of hydrogen-bond acceptors (Lipinski definition) is 4. The lowest BCUT2D eigenvalue weighted by molar-refractivity contribution is -0.142. The van der Waals surface area contributed by atoms with E-state index in [1.54, 1.807) is 0 Å². The zero-order valence-corrected chi connectivity index (χ0v) is 9.50. The maximum atomic E-state index is 10.7. The van der Waals surface area contributed by atoms with Crippen molar-refractivity contribution in [3.05, 3.63) is 0 Å². The van der Waals surface area contributed by atoms with Crippen molar-refractivity contribution < 1.29 is 10.2 Å². The number of likely N-dealkylation sites (tertiary alicyclic amines) is 1. The van der Waals surface area contributed by atoms with E-state index in [-0.39, 0.29) is 12.0 Å². The second kappa shape index (κ2) is 4.01. The van der Waals surface area contributed by atoms with Crippen molar-refractivity contribution in [2.75, 3.05) is 39.8 Å². The van der Waals surface area contributed by atoms with Gasteiger partial charge in [0.15, 0.2) is 0 Å². The molecule has 2 saturated heterocycles. The molecule has 0 radical (unpaired) electrons. The van der Waals surface area contributed by atoms with E-state index in [4.69, 9.17) is 0 Å². The van der Waals surface area contributed by atoms with Gasteiger partial charge in [-0.3, -0.25) is 0 Å². The van der Waals surface area contributed by atoms with Crippen LogP contribution in [0, 0.1) is 5.41 Å². The molecule has 0 aromatic heterocycles. The third kappa shape index (κ3) is 1.80. The minimum absolute atomic E-state index is 0.0974. The maximum Gasteiger partial charge on any atom is 0.0762 e. The van der Waals surface area contributed by atoms with Crippen molar-refractivity contribution in [1.29, 1.82) is 0 Å². The lowest BCUT2D eigenvalue weighted by Crippen LogP contribution is -2.68. The SMILES string of the molecule is CN1CCCC(O)(C2(CO)CNC2)CC1. The molecule has 3 N–H and O–H groups in total. The number of aliphatic hydroxyl groups is 2. The molecule has 2 rings (SSSR count). The highest BCUT2D eigenvalue weighted by Crippen LogP contribution is 2.41. The Balaban J connectivity index is 2.10. The van der Waals surface area contributed by atoms with Crippen LogP contribution in [0.25, 0.3) is 0 Å². The molecule has 0 amide bonds. The summed E-state index contributed by atoms with van der Waals surface area (Å²) in [6.07, 6.45) is 2.63. The van der Waals surface area contributed by atoms with Crippen LogP contribution in [-0.2, 0) is 0 Å². The first kappa shape index (κ1) is 11.3. The first-order chi connectivity index (χ1) is 7.12. The first-order valence-electron chi connectivity index (χ1n) is 5.84. The van der Waals surface area contributed by atoms with E-state index in [0.29, 0.717) is 0 Å². The summed E-state index contributed by atoms with van der Waals surface area (Å²) >= 11 is 0. The minimum atomic E-state index is -0.669. The molecule has 1 unspecified atom stereocenters. The Morgan fingerprint density at radius 2 is 2.00 bits per heavy atom. The molecule has 88 valence electrons. The van der Waals surface area contributed by atoms with Gasteiger partial charge in [-0.25, -0.2) is 0 Å². The number of rotatable bonds is 2. The summed E-state index contributed by atoms with van der Waals surface area (Å²) in [6.45, 7) is 3.59. The van der Waals surface area contributed by atoms with Crippen molar-refractivity contribution in [2.24, 2.45) is 5.41 Å². The summed E-state index contributed by atoms with van der Waals surface area (Å²) in [5.74, 6) is 0. The normalized spacial score (nSPS) is 37.0. The summed E-state index contributed by atoms with van der Waals surface area (Å²) in [6, 6.07) is 0. The van der Waals surface area contributed by atoms with Crippen LogP contribution in [0.4, 0.5) is 0 Å². The highest BCUT2D eigenvalue weighted by molar-refractivity contribution is 5.07. The molecule has 0 spiro atoms. The Morgan fingerprint density at radius 1 is 1.27 bits per heavy atom. The summed E-state index contributed by atoms with van der Waals surface area (Å²) in [7, 11) is 2.09. The molecule has 2 aliphatic rings. The molecule has 1 atom stereocenters. The van der Waals surface area contributed by atoms with E-state index in [0.717, 1.165) is 45.4 Å². The van der Waals surface area contributed by atoms with Crippen molar-refractivity contribution in [2.45, 2.75) is 24.9 Å². The standard InChI is InChI=1S/C11H22N2O2/c1-13-5-2-3-11(15,4-6-13)10(9-14)7-12-8-10/h12,14-15H,2-9H2,1H3. The van der Waals surface area contributed by atoms with Crippen LogP contribution in [0.1, 0.15) is 19.3 Å². The Labute approximate surface area is 91.3 Å². The van der Waals surface area contributed by atoms with Gasteiger partial charge in [0.2, 0.25) is 0 Å². The fraction of sp³-hybridized carbons (Fsp3) is 1.00. The molecular weight excluding hydrogens is 192 g/mol. The lowest BCUT2D eigenvalue weighted by atomic mass is 9.65. The lowest BCUT2D eigenvalue weighted by Gasteiger charge is -2.52. The Hall–Kier alpha value is -0.160. The second-order valence-corrected chi connectivity index (χ2v) is 5.23. The average Bonchev–Trinajstić information content (AvgIpc) is 2.29. The van der Waals surface area contributed by atoms with Crippen molar-refractivity contribution in [3.8, 4) is 0 Å². The molecule has 0 aromatic carbocycles. The van der Waals surface area contributed by atoms with Gasteiger partial charge in [0.1, 0.15) is 0 Å². The molecule has 0 bridgehead atoms. The van der Waals surface area contributed by atoms with Gasteiger partial charge < -0.3 is 20.4 Å². The third-order valence-corrected chi connectivity index (χ3v) is 4.25. The summed E-state index contributed by atoms with van der Waals surface area (Å²) in [5.41, 5.74) is -0.948. The molecule has 4 nitrogen and oxygen atoms in total. The average molecular weight is 214 g/mol. The molecule has 0 aliphatic carbocycles. The second-order valence-electron chi connectivity index (χ2n) is 5.23. The third-order valence-electron chi connectivity index (χ3n) is 4.25. The van der Waals surface area contributed by atoms with E-state index in [9.17, 15) is 10.2 Å². The smallest absolute Gasteiger partial charge is 0.0762 e. The molecule has 2 aliphatic heterocycles. The Bertz CT molecular complexity index is 225. The fourth-order valence-corrected chi connectivity index (χ4v) is 2.80. The van der Waals surface area contributed by atoms with E-state index < -0.39 is 5.60 Å². The van der Waals surface area contributed by atoms with Gasteiger partial charge in [0.25, 0.3) is 0 Å². The predicted molar refractivity (Wildman–Crippen MR) is 58.7 cm³/mol. The zero-order valence-electron chi connectivity index (χ0n) is 9.50. The molecule has 2 heterocycles. The minimum Gasteiger partial charge on any atom is -0.396 e. The van der Waals surface area contributed by atoms with Crippen LogP contribution in [0.15, 0.2) is 0 Å². The van der Waals surface area contributed by atoms with Gasteiger partial charge in [-0.15, -0.1) is 0 Å². The Kier molecular flexibility index (Phi) is 3.03. The van der Waals surface area contributed by atoms with Gasteiger partial charge in [0, 0.05) is 25.0 Å². The quantitative estimate of drug-likeness (QED) is 0.575. The monoisotopic (exact) mass is 214 g/mol. The fourth-order valence-electron chi connectivity index (χ4n) is 2.80. The van der Waals surface area contributed by atoms with Crippen molar-refractivity contribution in [1.82, 2.24) is 10.2 Å². The molecule has 2 fully saturated rings. The van der Waals surface area contributed by atoms with Crippen LogP contribution in [-0.4, -0.2) is 60.5 Å². The number of nitrogens with one attached hydrogen (secondary N) is 1. The molecular formula is C11H22N2O2. The predicted octanol–water partition coefficient (Wildman–Crippen LogP) is -0.585. The summed E-state index contributed by atoms with van der Waals surface area (Å²) in [4.78, 5) is 2.26. The largest absolute Gasteiger partial charge is 0.396 e. The number of aliphatic hydroxyl groups excluding tert-OH is 1. The zero-order chi connectivity index (χ0) is 10.9. The molecule has 15 heavy (non-hydrogen) atoms. The van der Waals surface area contributed by atoms with Crippen LogP contribution in [0.3, 0.4) is 0 Å². The van der Waals surface area contributed by atoms with Gasteiger partial charge >= 0.3 is 0 Å². The Morgan fingerprint density at radius 3 is 2.53 bits per heavy atom. The van der Waals surface area contributed by atoms with Crippen LogP contribution >= 0.6 is 0 Å². The first-order valence-corrected chi connectivity index (χ1v) is 5.84. The highest BCUT2D eigenvalue weighted by atomic mass is 16.3. The van der Waals surface area contributed by atoms with Crippen LogP contribution < -0.4 is 5.32 Å².